The van der Waals surface area contributed by atoms with Crippen LogP contribution in [0.15, 0.2) is 0 Å². The van der Waals surface area contributed by atoms with Crippen LogP contribution >= 0.6 is 0 Å². The van der Waals surface area contributed by atoms with Crippen molar-refractivity contribution in [3.8, 4) is 0 Å². The lowest BCUT2D eigenvalue weighted by Crippen LogP contribution is -2.33. The quantitative estimate of drug-likeness (QED) is 0.734. The molecule has 2 N–H and O–H groups in total. The van der Waals surface area contributed by atoms with E-state index >= 15 is 0 Å². The van der Waals surface area contributed by atoms with Crippen LogP contribution in [0, 0.1) is 11.8 Å². The van der Waals surface area contributed by atoms with Gasteiger partial charge in [0.1, 0.15) is 0 Å². The van der Waals surface area contributed by atoms with Crippen LogP contribution in [0.1, 0.15) is 39.0 Å². The van der Waals surface area contributed by atoms with Crippen LogP contribution in [-0.4, -0.2) is 25.0 Å². The molecule has 3 heteroatoms. The van der Waals surface area contributed by atoms with Gasteiger partial charge in [0.15, 0.2) is 0 Å². The van der Waals surface area contributed by atoms with E-state index < -0.39 is 0 Å². The first-order valence-electron chi connectivity index (χ1n) is 6.29. The van der Waals surface area contributed by atoms with E-state index in [0.29, 0.717) is 12.0 Å². The molecule has 1 saturated carbocycles. The zero-order valence-corrected chi connectivity index (χ0v) is 9.59. The Morgan fingerprint density at radius 3 is 2.73 bits per heavy atom. The van der Waals surface area contributed by atoms with Gasteiger partial charge in [-0.15, -0.1) is 0 Å². The molecule has 1 heterocycles. The molecule has 2 fully saturated rings. The molecule has 1 aliphatic heterocycles. The Labute approximate surface area is 92.0 Å². The highest BCUT2D eigenvalue weighted by atomic mass is 16.1. The summed E-state index contributed by atoms with van der Waals surface area (Å²) in [5.74, 6) is 1.66. The second-order valence-electron chi connectivity index (χ2n) is 4.98. The van der Waals surface area contributed by atoms with Crippen molar-refractivity contribution >= 4 is 5.91 Å². The number of hydrogen-bond donors (Lipinski definition) is 2. The van der Waals surface area contributed by atoms with Crippen LogP contribution < -0.4 is 10.6 Å². The SMILES string of the molecule is CCC1CC1NC(=O)CC1CCNCC1. The molecule has 0 bridgehead atoms. The minimum Gasteiger partial charge on any atom is -0.353 e. The Kier molecular flexibility index (Phi) is 3.62. The van der Waals surface area contributed by atoms with Gasteiger partial charge in [0.2, 0.25) is 5.91 Å². The maximum Gasteiger partial charge on any atom is 0.220 e. The van der Waals surface area contributed by atoms with Crippen molar-refractivity contribution in [3.05, 3.63) is 0 Å². The van der Waals surface area contributed by atoms with Gasteiger partial charge < -0.3 is 10.6 Å². The lowest BCUT2D eigenvalue weighted by Gasteiger charge is -2.21. The first-order valence-corrected chi connectivity index (χ1v) is 6.29. The smallest absolute Gasteiger partial charge is 0.220 e. The number of piperidine rings is 1. The van der Waals surface area contributed by atoms with Gasteiger partial charge in [0.05, 0.1) is 0 Å². The van der Waals surface area contributed by atoms with E-state index in [0.717, 1.165) is 38.3 Å². The third-order valence-corrected chi connectivity index (χ3v) is 3.73. The molecule has 0 aromatic rings. The molecule has 86 valence electrons. The maximum atomic E-state index is 11.7. The molecule has 1 aliphatic carbocycles. The lowest BCUT2D eigenvalue weighted by atomic mass is 9.94. The van der Waals surface area contributed by atoms with Crippen molar-refractivity contribution in [3.63, 3.8) is 0 Å². The monoisotopic (exact) mass is 210 g/mol. The van der Waals surface area contributed by atoms with E-state index in [1.54, 1.807) is 0 Å². The second kappa shape index (κ2) is 4.97. The largest absolute Gasteiger partial charge is 0.353 e. The summed E-state index contributed by atoms with van der Waals surface area (Å²) in [5, 5.41) is 6.47. The normalized spacial score (nSPS) is 31.3. The molecule has 0 spiro atoms. The zero-order valence-electron chi connectivity index (χ0n) is 9.59. The third kappa shape index (κ3) is 3.20. The summed E-state index contributed by atoms with van der Waals surface area (Å²) in [6.07, 6.45) is 5.48. The number of nitrogens with one attached hydrogen (secondary N) is 2. The van der Waals surface area contributed by atoms with Crippen LogP contribution in [0.25, 0.3) is 0 Å². The fourth-order valence-electron chi connectivity index (χ4n) is 2.49. The summed E-state index contributed by atoms with van der Waals surface area (Å²) in [6.45, 7) is 4.36. The number of rotatable bonds is 4. The molecule has 0 radical (unpaired) electrons. The standard InChI is InChI=1S/C12H22N2O/c1-2-10-8-11(10)14-12(15)7-9-3-5-13-6-4-9/h9-11,13H,2-8H2,1H3,(H,14,15). The zero-order chi connectivity index (χ0) is 10.7. The Balaban J connectivity index is 1.64. The first kappa shape index (κ1) is 10.9. The summed E-state index contributed by atoms with van der Waals surface area (Å²) < 4.78 is 0. The van der Waals surface area contributed by atoms with E-state index in [-0.39, 0.29) is 5.91 Å². The average molecular weight is 210 g/mol. The summed E-state index contributed by atoms with van der Waals surface area (Å²) in [7, 11) is 0. The van der Waals surface area contributed by atoms with Gasteiger partial charge in [-0.3, -0.25) is 4.79 Å². The van der Waals surface area contributed by atoms with Crippen LogP contribution in [0.5, 0.6) is 0 Å². The summed E-state index contributed by atoms with van der Waals surface area (Å²) in [6, 6.07) is 0.504. The first-order chi connectivity index (χ1) is 7.29. The van der Waals surface area contributed by atoms with E-state index in [1.807, 2.05) is 0 Å². The molecule has 2 aliphatic rings. The van der Waals surface area contributed by atoms with Gasteiger partial charge in [-0.2, -0.15) is 0 Å². The predicted octanol–water partition coefficient (Wildman–Crippen LogP) is 1.29. The molecule has 2 atom stereocenters. The molecule has 1 saturated heterocycles. The Morgan fingerprint density at radius 1 is 1.40 bits per heavy atom. The number of amides is 1. The summed E-state index contributed by atoms with van der Waals surface area (Å²) in [4.78, 5) is 11.7. The molecule has 15 heavy (non-hydrogen) atoms. The van der Waals surface area contributed by atoms with Crippen molar-refractivity contribution in [1.82, 2.24) is 10.6 Å². The van der Waals surface area contributed by atoms with Crippen molar-refractivity contribution in [2.45, 2.75) is 45.1 Å². The average Bonchev–Trinajstić information content (AvgIpc) is 2.97. The summed E-state index contributed by atoms with van der Waals surface area (Å²) >= 11 is 0. The molecular formula is C12H22N2O. The van der Waals surface area contributed by atoms with Gasteiger partial charge in [0.25, 0.3) is 0 Å². The molecule has 3 nitrogen and oxygen atoms in total. The maximum absolute atomic E-state index is 11.7. The highest BCUT2D eigenvalue weighted by Crippen LogP contribution is 2.33. The van der Waals surface area contributed by atoms with Crippen LogP contribution in [-0.2, 0) is 4.79 Å². The second-order valence-corrected chi connectivity index (χ2v) is 4.98. The molecule has 2 rings (SSSR count). The Morgan fingerprint density at radius 2 is 2.13 bits per heavy atom. The highest BCUT2D eigenvalue weighted by Gasteiger charge is 2.36. The molecular weight excluding hydrogens is 188 g/mol. The topological polar surface area (TPSA) is 41.1 Å². The fraction of sp³-hybridized carbons (Fsp3) is 0.917. The Bertz CT molecular complexity index is 224. The highest BCUT2D eigenvalue weighted by molar-refractivity contribution is 5.76. The summed E-state index contributed by atoms with van der Waals surface area (Å²) in [5.41, 5.74) is 0. The van der Waals surface area contributed by atoms with Gasteiger partial charge in [-0.05, 0) is 44.2 Å². The molecule has 1 amide bonds. The van der Waals surface area contributed by atoms with Gasteiger partial charge in [-0.1, -0.05) is 13.3 Å². The van der Waals surface area contributed by atoms with Crippen molar-refractivity contribution < 1.29 is 4.79 Å². The predicted molar refractivity (Wildman–Crippen MR) is 60.5 cm³/mol. The minimum absolute atomic E-state index is 0.280. The van der Waals surface area contributed by atoms with Gasteiger partial charge in [0, 0.05) is 12.5 Å². The number of carbonyl (C=O) groups excluding carboxylic acids is 1. The number of hydrogen-bond acceptors (Lipinski definition) is 2. The molecule has 0 aromatic heterocycles. The minimum atomic E-state index is 0.280. The van der Waals surface area contributed by atoms with Gasteiger partial charge in [-0.25, -0.2) is 0 Å². The Hall–Kier alpha value is -0.570. The van der Waals surface area contributed by atoms with E-state index in [4.69, 9.17) is 0 Å². The number of carbonyl (C=O) groups is 1. The van der Waals surface area contributed by atoms with Crippen molar-refractivity contribution in [1.29, 1.82) is 0 Å². The molecule has 0 aromatic carbocycles. The van der Waals surface area contributed by atoms with Crippen LogP contribution in [0.2, 0.25) is 0 Å². The fourth-order valence-corrected chi connectivity index (χ4v) is 2.49. The van der Waals surface area contributed by atoms with E-state index in [1.165, 1.54) is 12.8 Å². The van der Waals surface area contributed by atoms with E-state index in [9.17, 15) is 4.79 Å². The molecule has 2 unspecified atom stereocenters. The van der Waals surface area contributed by atoms with Crippen molar-refractivity contribution in [2.75, 3.05) is 13.1 Å². The third-order valence-electron chi connectivity index (χ3n) is 3.73. The van der Waals surface area contributed by atoms with Crippen molar-refractivity contribution in [2.24, 2.45) is 11.8 Å². The van der Waals surface area contributed by atoms with Crippen LogP contribution in [0.4, 0.5) is 0 Å². The van der Waals surface area contributed by atoms with Crippen LogP contribution in [0.3, 0.4) is 0 Å². The lowest BCUT2D eigenvalue weighted by molar-refractivity contribution is -0.122. The van der Waals surface area contributed by atoms with Gasteiger partial charge >= 0.3 is 0 Å². The van der Waals surface area contributed by atoms with E-state index in [2.05, 4.69) is 17.6 Å².